The molecule has 0 bridgehead atoms. The molecule has 1 unspecified atom stereocenters. The summed E-state index contributed by atoms with van der Waals surface area (Å²) in [5.41, 5.74) is 2.58. The van der Waals surface area contributed by atoms with Gasteiger partial charge < -0.3 is 5.32 Å². The minimum absolute atomic E-state index is 0.0209. The molecular weight excluding hydrogens is 457 g/mol. The summed E-state index contributed by atoms with van der Waals surface area (Å²) in [7, 11) is 0. The first-order valence-corrected chi connectivity index (χ1v) is 12.5. The number of carbonyl (C=O) groups excluding carboxylic acids is 1. The lowest BCUT2D eigenvalue weighted by Gasteiger charge is -2.15. The van der Waals surface area contributed by atoms with Gasteiger partial charge in [0.05, 0.1) is 17.0 Å². The SMILES string of the molecule is Cc1cc(-n2c(SCC(=O)NC(C)CCc3ccccc3)nc3ccsc3c2=O)ccc1F. The van der Waals surface area contributed by atoms with E-state index in [0.29, 0.717) is 26.6 Å². The highest BCUT2D eigenvalue weighted by Crippen LogP contribution is 2.24. The lowest BCUT2D eigenvalue weighted by molar-refractivity contribution is -0.119. The van der Waals surface area contributed by atoms with E-state index in [1.54, 1.807) is 25.1 Å². The molecule has 4 aromatic rings. The molecule has 2 aromatic carbocycles. The average Bonchev–Trinajstić information content (AvgIpc) is 3.28. The first-order chi connectivity index (χ1) is 15.9. The number of hydrogen-bond acceptors (Lipinski definition) is 5. The first kappa shape index (κ1) is 23.2. The second kappa shape index (κ2) is 10.3. The van der Waals surface area contributed by atoms with E-state index in [4.69, 9.17) is 0 Å². The third kappa shape index (κ3) is 5.51. The molecule has 2 heterocycles. The van der Waals surface area contributed by atoms with Crippen molar-refractivity contribution >= 4 is 39.2 Å². The molecular formula is C25H24FN3O2S2. The highest BCUT2D eigenvalue weighted by molar-refractivity contribution is 7.99. The van der Waals surface area contributed by atoms with Crippen LogP contribution in [0.25, 0.3) is 15.9 Å². The minimum Gasteiger partial charge on any atom is -0.353 e. The summed E-state index contributed by atoms with van der Waals surface area (Å²) in [6.45, 7) is 3.64. The third-order valence-electron chi connectivity index (χ3n) is 5.30. The number of carbonyl (C=O) groups is 1. The Bertz CT molecular complexity index is 1330. The Morgan fingerprint density at radius 3 is 2.76 bits per heavy atom. The number of aromatic nitrogens is 2. The molecule has 0 aliphatic carbocycles. The van der Waals surface area contributed by atoms with Crippen molar-refractivity contribution in [1.29, 1.82) is 0 Å². The number of thiophene rings is 1. The normalized spacial score (nSPS) is 12.1. The van der Waals surface area contributed by atoms with Gasteiger partial charge in [0.25, 0.3) is 5.56 Å². The predicted octanol–water partition coefficient (Wildman–Crippen LogP) is 5.12. The second-order valence-electron chi connectivity index (χ2n) is 7.88. The molecule has 8 heteroatoms. The van der Waals surface area contributed by atoms with Crippen molar-refractivity contribution < 1.29 is 9.18 Å². The zero-order valence-corrected chi connectivity index (χ0v) is 20.0. The summed E-state index contributed by atoms with van der Waals surface area (Å²) in [5, 5.41) is 5.24. The van der Waals surface area contributed by atoms with E-state index >= 15 is 0 Å². The number of halogens is 1. The van der Waals surface area contributed by atoms with Crippen LogP contribution in [0.3, 0.4) is 0 Å². The van der Waals surface area contributed by atoms with Crippen molar-refractivity contribution in [3.63, 3.8) is 0 Å². The number of rotatable bonds is 8. The molecule has 0 saturated carbocycles. The van der Waals surface area contributed by atoms with Crippen LogP contribution in [-0.2, 0) is 11.2 Å². The van der Waals surface area contributed by atoms with Crippen LogP contribution < -0.4 is 10.9 Å². The van der Waals surface area contributed by atoms with E-state index in [0.717, 1.165) is 12.8 Å². The molecule has 0 aliphatic rings. The highest BCUT2D eigenvalue weighted by atomic mass is 32.2. The van der Waals surface area contributed by atoms with Crippen molar-refractivity contribution in [2.75, 3.05) is 5.75 Å². The van der Waals surface area contributed by atoms with E-state index in [2.05, 4.69) is 22.4 Å². The molecule has 4 rings (SSSR count). The Labute approximate surface area is 199 Å². The molecule has 1 amide bonds. The number of benzene rings is 2. The molecule has 33 heavy (non-hydrogen) atoms. The molecule has 0 fully saturated rings. The Kier molecular flexibility index (Phi) is 7.25. The van der Waals surface area contributed by atoms with Crippen molar-refractivity contribution in [2.24, 2.45) is 0 Å². The van der Waals surface area contributed by atoms with Crippen molar-refractivity contribution in [3.8, 4) is 5.69 Å². The van der Waals surface area contributed by atoms with E-state index in [9.17, 15) is 14.0 Å². The molecule has 0 aliphatic heterocycles. The zero-order valence-electron chi connectivity index (χ0n) is 18.4. The first-order valence-electron chi connectivity index (χ1n) is 10.6. The average molecular weight is 482 g/mol. The van der Waals surface area contributed by atoms with Gasteiger partial charge in [0.2, 0.25) is 5.91 Å². The van der Waals surface area contributed by atoms with Gasteiger partial charge in [-0.3, -0.25) is 14.2 Å². The quantitative estimate of drug-likeness (QED) is 0.280. The molecule has 1 atom stereocenters. The van der Waals surface area contributed by atoms with Crippen LogP contribution in [0.1, 0.15) is 24.5 Å². The topological polar surface area (TPSA) is 64.0 Å². The van der Waals surface area contributed by atoms with Crippen molar-refractivity contribution in [2.45, 2.75) is 37.9 Å². The fourth-order valence-corrected chi connectivity index (χ4v) is 5.11. The van der Waals surface area contributed by atoms with E-state index < -0.39 is 0 Å². The van der Waals surface area contributed by atoms with Gasteiger partial charge in [-0.05, 0) is 67.5 Å². The van der Waals surface area contributed by atoms with Crippen LogP contribution in [0.4, 0.5) is 4.39 Å². The maximum Gasteiger partial charge on any atom is 0.276 e. The van der Waals surface area contributed by atoms with Crippen molar-refractivity contribution in [3.05, 3.63) is 87.3 Å². The van der Waals surface area contributed by atoms with Crippen LogP contribution in [-0.4, -0.2) is 27.3 Å². The Balaban J connectivity index is 1.49. The monoisotopic (exact) mass is 481 g/mol. The minimum atomic E-state index is -0.338. The van der Waals surface area contributed by atoms with Crippen LogP contribution in [0, 0.1) is 12.7 Å². The smallest absolute Gasteiger partial charge is 0.276 e. The third-order valence-corrected chi connectivity index (χ3v) is 7.13. The molecule has 0 saturated heterocycles. The highest BCUT2D eigenvalue weighted by Gasteiger charge is 2.17. The summed E-state index contributed by atoms with van der Waals surface area (Å²) in [6.07, 6.45) is 1.72. The van der Waals surface area contributed by atoms with Gasteiger partial charge in [0.15, 0.2) is 5.16 Å². The molecule has 0 radical (unpaired) electrons. The molecule has 170 valence electrons. The van der Waals surface area contributed by atoms with Gasteiger partial charge in [0.1, 0.15) is 10.5 Å². The van der Waals surface area contributed by atoms with Gasteiger partial charge in [-0.25, -0.2) is 9.37 Å². The zero-order chi connectivity index (χ0) is 23.4. The van der Waals surface area contributed by atoms with Gasteiger partial charge in [-0.2, -0.15) is 0 Å². The maximum absolute atomic E-state index is 13.8. The molecule has 5 nitrogen and oxygen atoms in total. The van der Waals surface area contributed by atoms with Crippen LogP contribution in [0.5, 0.6) is 0 Å². The number of thioether (sulfide) groups is 1. The fraction of sp³-hybridized carbons (Fsp3) is 0.240. The van der Waals surface area contributed by atoms with Gasteiger partial charge >= 0.3 is 0 Å². The van der Waals surface area contributed by atoms with Crippen molar-refractivity contribution in [1.82, 2.24) is 14.9 Å². The summed E-state index contributed by atoms with van der Waals surface area (Å²) < 4.78 is 15.8. The number of amides is 1. The summed E-state index contributed by atoms with van der Waals surface area (Å²) in [4.78, 5) is 30.4. The Hall–Kier alpha value is -2.97. The number of fused-ring (bicyclic) bond motifs is 1. The van der Waals surface area contributed by atoms with Crippen LogP contribution >= 0.6 is 23.1 Å². The molecule has 2 aromatic heterocycles. The Morgan fingerprint density at radius 1 is 1.21 bits per heavy atom. The number of aryl methyl sites for hydroxylation is 2. The Morgan fingerprint density at radius 2 is 2.00 bits per heavy atom. The summed E-state index contributed by atoms with van der Waals surface area (Å²) in [5.74, 6) is -0.338. The van der Waals surface area contributed by atoms with Gasteiger partial charge in [-0.1, -0.05) is 42.1 Å². The van der Waals surface area contributed by atoms with Gasteiger partial charge in [0, 0.05) is 6.04 Å². The predicted molar refractivity (Wildman–Crippen MR) is 133 cm³/mol. The molecule has 1 N–H and O–H groups in total. The number of hydrogen-bond donors (Lipinski definition) is 1. The maximum atomic E-state index is 13.8. The lowest BCUT2D eigenvalue weighted by Crippen LogP contribution is -2.34. The van der Waals surface area contributed by atoms with E-state index in [-0.39, 0.29) is 29.1 Å². The number of nitrogens with one attached hydrogen (secondary N) is 1. The van der Waals surface area contributed by atoms with Gasteiger partial charge in [-0.15, -0.1) is 11.3 Å². The summed E-state index contributed by atoms with van der Waals surface area (Å²) >= 11 is 2.52. The molecule has 0 spiro atoms. The lowest BCUT2D eigenvalue weighted by atomic mass is 10.1. The van der Waals surface area contributed by atoms with E-state index in [1.165, 1.54) is 39.3 Å². The fourth-order valence-electron chi connectivity index (χ4n) is 3.53. The summed E-state index contributed by atoms with van der Waals surface area (Å²) in [6, 6.07) is 16.5. The second-order valence-corrected chi connectivity index (χ2v) is 9.74. The van der Waals surface area contributed by atoms with Crippen LogP contribution in [0.15, 0.2) is 69.9 Å². The van der Waals surface area contributed by atoms with Crippen LogP contribution in [0.2, 0.25) is 0 Å². The standard InChI is InChI=1S/C25H24FN3O2S2/c1-16-14-19(10-11-20(16)26)29-24(31)23-21(12-13-32-23)28-25(29)33-15-22(30)27-17(2)8-9-18-6-4-3-5-7-18/h3-7,10-14,17H,8-9,15H2,1-2H3,(H,27,30). The number of nitrogens with zero attached hydrogens (tertiary/aromatic N) is 2. The largest absolute Gasteiger partial charge is 0.353 e. The van der Waals surface area contributed by atoms with E-state index in [1.807, 2.05) is 30.5 Å².